The van der Waals surface area contributed by atoms with Crippen molar-refractivity contribution in [1.82, 2.24) is 15.5 Å². The number of nitrogens with one attached hydrogen (secondary N) is 1. The lowest BCUT2D eigenvalue weighted by molar-refractivity contribution is 0.0465. The molecular weight excluding hydrogens is 224 g/mol. The molecule has 1 amide bonds. The molecule has 0 saturated heterocycles. The minimum absolute atomic E-state index is 0.0425. The van der Waals surface area contributed by atoms with Crippen molar-refractivity contribution in [1.29, 1.82) is 0 Å². The normalized spacial score (nSPS) is 12.3. The van der Waals surface area contributed by atoms with Crippen molar-refractivity contribution in [2.75, 3.05) is 5.73 Å². The summed E-state index contributed by atoms with van der Waals surface area (Å²) >= 11 is 0. The SMILES string of the molecule is CC(C)(C)OC(=O)NC(C)(C)c1noc(N)n1. The summed E-state index contributed by atoms with van der Waals surface area (Å²) in [6.07, 6.45) is -0.550. The highest BCUT2D eigenvalue weighted by Gasteiger charge is 2.30. The number of aromatic nitrogens is 2. The highest BCUT2D eigenvalue weighted by Crippen LogP contribution is 2.18. The van der Waals surface area contributed by atoms with Gasteiger partial charge in [0.2, 0.25) is 0 Å². The fourth-order valence-corrected chi connectivity index (χ4v) is 1.10. The van der Waals surface area contributed by atoms with Crippen LogP contribution in [0.3, 0.4) is 0 Å². The zero-order valence-electron chi connectivity index (χ0n) is 10.7. The molecule has 0 radical (unpaired) electrons. The molecule has 1 aromatic rings. The number of hydrogen-bond donors (Lipinski definition) is 2. The van der Waals surface area contributed by atoms with Crippen LogP contribution in [0.25, 0.3) is 0 Å². The molecule has 3 N–H and O–H groups in total. The molecule has 1 rings (SSSR count). The molecule has 1 heterocycles. The van der Waals surface area contributed by atoms with E-state index in [1.165, 1.54) is 0 Å². The van der Waals surface area contributed by atoms with Gasteiger partial charge in [-0.1, -0.05) is 5.16 Å². The number of ether oxygens (including phenoxy) is 1. The molecule has 0 aliphatic heterocycles. The first-order valence-electron chi connectivity index (χ1n) is 5.21. The van der Waals surface area contributed by atoms with Crippen molar-refractivity contribution < 1.29 is 14.1 Å². The minimum Gasteiger partial charge on any atom is -0.444 e. The summed E-state index contributed by atoms with van der Waals surface area (Å²) in [5.41, 5.74) is 3.95. The van der Waals surface area contributed by atoms with Crippen LogP contribution in [0, 0.1) is 0 Å². The smallest absolute Gasteiger partial charge is 0.408 e. The first-order chi connectivity index (χ1) is 7.60. The number of nitrogen functional groups attached to an aromatic ring is 1. The van der Waals surface area contributed by atoms with Crippen LogP contribution in [-0.2, 0) is 10.3 Å². The largest absolute Gasteiger partial charge is 0.444 e. The molecule has 0 aliphatic carbocycles. The van der Waals surface area contributed by atoms with Crippen molar-refractivity contribution in [2.24, 2.45) is 0 Å². The molecule has 0 unspecified atom stereocenters. The van der Waals surface area contributed by atoms with Gasteiger partial charge in [-0.2, -0.15) is 4.98 Å². The van der Waals surface area contributed by atoms with Crippen LogP contribution in [0.4, 0.5) is 10.8 Å². The Balaban J connectivity index is 2.70. The highest BCUT2D eigenvalue weighted by molar-refractivity contribution is 5.68. The maximum absolute atomic E-state index is 11.6. The van der Waals surface area contributed by atoms with Gasteiger partial charge in [0.05, 0.1) is 0 Å². The average Bonchev–Trinajstić information content (AvgIpc) is 2.46. The molecule has 0 bridgehead atoms. The quantitative estimate of drug-likeness (QED) is 0.812. The molecule has 0 atom stereocenters. The number of anilines is 1. The van der Waals surface area contributed by atoms with Gasteiger partial charge in [-0.15, -0.1) is 0 Å². The van der Waals surface area contributed by atoms with Crippen LogP contribution in [0.15, 0.2) is 4.52 Å². The molecule has 0 aliphatic rings. The van der Waals surface area contributed by atoms with Gasteiger partial charge >= 0.3 is 12.1 Å². The molecule has 17 heavy (non-hydrogen) atoms. The number of carbonyl (C=O) groups is 1. The van der Waals surface area contributed by atoms with E-state index < -0.39 is 17.2 Å². The first-order valence-corrected chi connectivity index (χ1v) is 5.21. The van der Waals surface area contributed by atoms with E-state index in [4.69, 9.17) is 10.5 Å². The van der Waals surface area contributed by atoms with E-state index in [1.807, 2.05) is 0 Å². The van der Waals surface area contributed by atoms with E-state index in [1.54, 1.807) is 34.6 Å². The van der Waals surface area contributed by atoms with Crippen molar-refractivity contribution in [3.63, 3.8) is 0 Å². The lowest BCUT2D eigenvalue weighted by Crippen LogP contribution is -2.44. The third kappa shape index (κ3) is 3.93. The Hall–Kier alpha value is -1.79. The molecule has 0 spiro atoms. The molecular formula is C10H18N4O3. The van der Waals surface area contributed by atoms with Crippen LogP contribution < -0.4 is 11.1 Å². The molecule has 1 aromatic heterocycles. The van der Waals surface area contributed by atoms with Crippen molar-refractivity contribution in [3.05, 3.63) is 5.82 Å². The number of nitrogens with two attached hydrogens (primary N) is 1. The monoisotopic (exact) mass is 242 g/mol. The second kappa shape index (κ2) is 4.23. The Kier molecular flexibility index (Phi) is 3.30. The Morgan fingerprint density at radius 2 is 1.94 bits per heavy atom. The molecule has 96 valence electrons. The Labute approximate surface area is 99.7 Å². The van der Waals surface area contributed by atoms with Gasteiger partial charge < -0.3 is 20.3 Å². The summed E-state index contributed by atoms with van der Waals surface area (Å²) in [6.45, 7) is 8.80. The summed E-state index contributed by atoms with van der Waals surface area (Å²) in [5.74, 6) is 0.292. The van der Waals surface area contributed by atoms with Gasteiger partial charge in [0, 0.05) is 0 Å². The summed E-state index contributed by atoms with van der Waals surface area (Å²) in [4.78, 5) is 15.5. The zero-order valence-corrected chi connectivity index (χ0v) is 10.7. The van der Waals surface area contributed by atoms with Crippen LogP contribution >= 0.6 is 0 Å². The Morgan fingerprint density at radius 3 is 2.35 bits per heavy atom. The second-order valence-electron chi connectivity index (χ2n) is 5.21. The molecule has 0 fully saturated rings. The van der Waals surface area contributed by atoms with Crippen LogP contribution in [0.5, 0.6) is 0 Å². The van der Waals surface area contributed by atoms with Gasteiger partial charge in [-0.25, -0.2) is 4.79 Å². The van der Waals surface area contributed by atoms with Crippen molar-refractivity contribution in [3.8, 4) is 0 Å². The average molecular weight is 242 g/mol. The molecule has 0 saturated carbocycles. The standard InChI is InChI=1S/C10H18N4O3/c1-9(2,3)16-8(15)13-10(4,5)6-12-7(11)17-14-6/h1-5H3,(H,13,15)(H2,11,12,14). The van der Waals surface area contributed by atoms with Crippen LogP contribution in [0.1, 0.15) is 40.4 Å². The van der Waals surface area contributed by atoms with Crippen LogP contribution in [0.2, 0.25) is 0 Å². The summed E-state index contributed by atoms with van der Waals surface area (Å²) in [7, 11) is 0. The summed E-state index contributed by atoms with van der Waals surface area (Å²) < 4.78 is 9.79. The lowest BCUT2D eigenvalue weighted by Gasteiger charge is -2.26. The summed E-state index contributed by atoms with van der Waals surface area (Å²) in [5, 5.41) is 6.30. The Bertz CT molecular complexity index is 406. The van der Waals surface area contributed by atoms with Gasteiger partial charge in [0.15, 0.2) is 5.82 Å². The number of amides is 1. The van der Waals surface area contributed by atoms with E-state index in [0.29, 0.717) is 5.82 Å². The van der Waals surface area contributed by atoms with E-state index in [9.17, 15) is 4.79 Å². The number of alkyl carbamates (subject to hydrolysis) is 1. The van der Waals surface area contributed by atoms with Crippen molar-refractivity contribution >= 4 is 12.1 Å². The van der Waals surface area contributed by atoms with E-state index in [-0.39, 0.29) is 6.01 Å². The number of rotatable bonds is 2. The fourth-order valence-electron chi connectivity index (χ4n) is 1.10. The molecule has 7 heteroatoms. The number of nitrogens with zero attached hydrogens (tertiary/aromatic N) is 2. The van der Waals surface area contributed by atoms with Gasteiger partial charge in [0.1, 0.15) is 11.1 Å². The maximum Gasteiger partial charge on any atom is 0.408 e. The first kappa shape index (κ1) is 13.3. The zero-order chi connectivity index (χ0) is 13.3. The minimum atomic E-state index is -0.816. The van der Waals surface area contributed by atoms with Gasteiger partial charge in [-0.05, 0) is 34.6 Å². The fraction of sp³-hybridized carbons (Fsp3) is 0.700. The van der Waals surface area contributed by atoms with Gasteiger partial charge in [-0.3, -0.25) is 0 Å². The lowest BCUT2D eigenvalue weighted by atomic mass is 10.1. The van der Waals surface area contributed by atoms with Gasteiger partial charge in [0.25, 0.3) is 0 Å². The van der Waals surface area contributed by atoms with E-state index in [2.05, 4.69) is 20.0 Å². The highest BCUT2D eigenvalue weighted by atomic mass is 16.6. The molecule has 7 nitrogen and oxygen atoms in total. The van der Waals surface area contributed by atoms with Crippen molar-refractivity contribution in [2.45, 2.75) is 45.8 Å². The number of carbonyl (C=O) groups excluding carboxylic acids is 1. The van der Waals surface area contributed by atoms with E-state index >= 15 is 0 Å². The summed E-state index contributed by atoms with van der Waals surface area (Å²) in [6, 6.07) is -0.0425. The third-order valence-electron chi connectivity index (χ3n) is 1.81. The second-order valence-corrected chi connectivity index (χ2v) is 5.21. The number of hydrogen-bond acceptors (Lipinski definition) is 6. The Morgan fingerprint density at radius 1 is 1.35 bits per heavy atom. The van der Waals surface area contributed by atoms with Crippen LogP contribution in [-0.4, -0.2) is 21.8 Å². The predicted octanol–water partition coefficient (Wildman–Crippen LogP) is 1.41. The topological polar surface area (TPSA) is 103 Å². The maximum atomic E-state index is 11.6. The third-order valence-corrected chi connectivity index (χ3v) is 1.81. The van der Waals surface area contributed by atoms with E-state index in [0.717, 1.165) is 0 Å². The predicted molar refractivity (Wildman–Crippen MR) is 61.1 cm³/mol. The molecule has 0 aromatic carbocycles.